The number of fused-ring (bicyclic) bond motifs is 6. The molecule has 0 aliphatic heterocycles. The molecule has 1 heteroatoms. The minimum atomic E-state index is -0.506. The maximum atomic E-state index is 2.46. The lowest BCUT2D eigenvalue weighted by Crippen LogP contribution is -2.28. The van der Waals surface area contributed by atoms with Crippen LogP contribution in [0.15, 0.2) is 261 Å². The van der Waals surface area contributed by atoms with Gasteiger partial charge in [0.05, 0.1) is 5.41 Å². The zero-order valence-electron chi connectivity index (χ0n) is 35.3. The van der Waals surface area contributed by atoms with Gasteiger partial charge in [-0.15, -0.1) is 0 Å². The van der Waals surface area contributed by atoms with Crippen LogP contribution in [0.4, 0.5) is 17.1 Å². The van der Waals surface area contributed by atoms with Crippen LogP contribution in [0.2, 0.25) is 0 Å². The van der Waals surface area contributed by atoms with Crippen molar-refractivity contribution in [2.24, 2.45) is 0 Å². The van der Waals surface area contributed by atoms with Crippen molar-refractivity contribution < 1.29 is 0 Å². The number of rotatable bonds is 8. The molecule has 0 aromatic heterocycles. The van der Waals surface area contributed by atoms with Crippen molar-refractivity contribution in [1.29, 1.82) is 0 Å². The first-order valence-electron chi connectivity index (χ1n) is 22.2. The first kappa shape index (κ1) is 37.5. The second-order valence-electron chi connectivity index (χ2n) is 16.9. The average Bonchev–Trinajstić information content (AvgIpc) is 3.68. The summed E-state index contributed by atoms with van der Waals surface area (Å²) in [6.45, 7) is 0. The minimum absolute atomic E-state index is 0.506. The molecular formula is C63H43N. The molecule has 0 radical (unpaired) electrons. The highest BCUT2D eigenvalue weighted by molar-refractivity contribution is 6.09. The van der Waals surface area contributed by atoms with Crippen LogP contribution in [0.5, 0.6) is 0 Å². The molecule has 11 aromatic rings. The van der Waals surface area contributed by atoms with Crippen LogP contribution < -0.4 is 4.90 Å². The summed E-state index contributed by atoms with van der Waals surface area (Å²) in [6, 6.07) is 95.8. The lowest BCUT2D eigenvalue weighted by molar-refractivity contribution is 0.768. The Kier molecular flexibility index (Phi) is 9.13. The Morgan fingerprint density at radius 3 is 1.31 bits per heavy atom. The molecule has 0 spiro atoms. The SMILES string of the molecule is c1ccc(-c2ccc(N(c3cccc(-c4ccc5c(ccc6cc(-c7ccccc7)ccc65)c4)c3)c3ccc4c(c3)C(c3ccccc3)(c3ccccc3)c3ccccc3-4)cc2)cc1. The monoisotopic (exact) mass is 813 g/mol. The van der Waals surface area contributed by atoms with Crippen LogP contribution in [0.3, 0.4) is 0 Å². The second-order valence-corrected chi connectivity index (χ2v) is 16.9. The van der Waals surface area contributed by atoms with E-state index in [0.29, 0.717) is 0 Å². The molecule has 64 heavy (non-hydrogen) atoms. The smallest absolute Gasteiger partial charge is 0.0714 e. The Morgan fingerprint density at radius 1 is 0.250 bits per heavy atom. The number of hydrogen-bond acceptors (Lipinski definition) is 1. The first-order chi connectivity index (χ1) is 31.7. The summed E-state index contributed by atoms with van der Waals surface area (Å²) in [7, 11) is 0. The molecule has 0 bridgehead atoms. The lowest BCUT2D eigenvalue weighted by Gasteiger charge is -2.35. The van der Waals surface area contributed by atoms with Crippen molar-refractivity contribution >= 4 is 38.6 Å². The van der Waals surface area contributed by atoms with Gasteiger partial charge in [0.15, 0.2) is 0 Å². The van der Waals surface area contributed by atoms with E-state index in [2.05, 4.69) is 266 Å². The van der Waals surface area contributed by atoms with Gasteiger partial charge >= 0.3 is 0 Å². The summed E-state index contributed by atoms with van der Waals surface area (Å²) >= 11 is 0. The van der Waals surface area contributed by atoms with E-state index >= 15 is 0 Å². The zero-order chi connectivity index (χ0) is 42.5. The topological polar surface area (TPSA) is 3.24 Å². The van der Waals surface area contributed by atoms with Gasteiger partial charge in [-0.2, -0.15) is 0 Å². The third-order valence-electron chi connectivity index (χ3n) is 13.3. The fourth-order valence-corrected chi connectivity index (χ4v) is 10.3. The minimum Gasteiger partial charge on any atom is -0.310 e. The third kappa shape index (κ3) is 6.24. The van der Waals surface area contributed by atoms with E-state index in [1.165, 1.54) is 88.3 Å². The highest BCUT2D eigenvalue weighted by Crippen LogP contribution is 2.57. The molecule has 0 saturated carbocycles. The third-order valence-corrected chi connectivity index (χ3v) is 13.3. The van der Waals surface area contributed by atoms with E-state index in [-0.39, 0.29) is 0 Å². The van der Waals surface area contributed by atoms with Gasteiger partial charge in [0, 0.05) is 17.1 Å². The molecule has 12 rings (SSSR count). The molecular weight excluding hydrogens is 771 g/mol. The number of nitrogens with zero attached hydrogens (tertiary/aromatic N) is 1. The van der Waals surface area contributed by atoms with Crippen molar-refractivity contribution in [1.82, 2.24) is 0 Å². The van der Waals surface area contributed by atoms with Crippen LogP contribution in [0, 0.1) is 0 Å². The predicted octanol–water partition coefficient (Wildman–Crippen LogP) is 16.8. The molecule has 0 saturated heterocycles. The highest BCUT2D eigenvalue weighted by Gasteiger charge is 2.46. The van der Waals surface area contributed by atoms with Crippen molar-refractivity contribution in [3.8, 4) is 44.5 Å². The highest BCUT2D eigenvalue weighted by atomic mass is 15.1. The van der Waals surface area contributed by atoms with Crippen LogP contribution in [-0.4, -0.2) is 0 Å². The molecule has 0 atom stereocenters. The van der Waals surface area contributed by atoms with Gasteiger partial charge in [-0.05, 0) is 137 Å². The van der Waals surface area contributed by atoms with E-state index < -0.39 is 5.41 Å². The molecule has 11 aromatic carbocycles. The van der Waals surface area contributed by atoms with Crippen LogP contribution >= 0.6 is 0 Å². The van der Waals surface area contributed by atoms with Crippen molar-refractivity contribution in [3.05, 3.63) is 283 Å². The Morgan fingerprint density at radius 2 is 0.688 bits per heavy atom. The van der Waals surface area contributed by atoms with E-state index in [9.17, 15) is 0 Å². The molecule has 0 unspecified atom stereocenters. The van der Waals surface area contributed by atoms with Crippen molar-refractivity contribution in [3.63, 3.8) is 0 Å². The lowest BCUT2D eigenvalue weighted by atomic mass is 9.67. The predicted molar refractivity (Wildman–Crippen MR) is 270 cm³/mol. The second kappa shape index (κ2) is 15.6. The zero-order valence-corrected chi connectivity index (χ0v) is 35.3. The molecule has 0 fully saturated rings. The fraction of sp³-hybridized carbons (Fsp3) is 0.0159. The summed E-state index contributed by atoms with van der Waals surface area (Å²) in [4.78, 5) is 2.43. The summed E-state index contributed by atoms with van der Waals surface area (Å²) in [5.41, 5.74) is 17.6. The summed E-state index contributed by atoms with van der Waals surface area (Å²) < 4.78 is 0. The first-order valence-corrected chi connectivity index (χ1v) is 22.2. The van der Waals surface area contributed by atoms with Gasteiger partial charge in [-0.25, -0.2) is 0 Å². The quantitative estimate of drug-likeness (QED) is 0.138. The van der Waals surface area contributed by atoms with Crippen molar-refractivity contribution in [2.75, 3.05) is 4.90 Å². The fourth-order valence-electron chi connectivity index (χ4n) is 10.3. The van der Waals surface area contributed by atoms with Gasteiger partial charge in [-0.1, -0.05) is 212 Å². The number of anilines is 3. The molecule has 300 valence electrons. The van der Waals surface area contributed by atoms with E-state index in [1.54, 1.807) is 0 Å². The van der Waals surface area contributed by atoms with Crippen LogP contribution in [0.25, 0.3) is 66.1 Å². The Balaban J connectivity index is 1.01. The number of hydrogen-bond donors (Lipinski definition) is 0. The van der Waals surface area contributed by atoms with Gasteiger partial charge in [0.1, 0.15) is 0 Å². The maximum Gasteiger partial charge on any atom is 0.0714 e. The van der Waals surface area contributed by atoms with Crippen LogP contribution in [0.1, 0.15) is 22.3 Å². The summed E-state index contributed by atoms with van der Waals surface area (Å²) in [5.74, 6) is 0. The van der Waals surface area contributed by atoms with E-state index in [1.807, 2.05) is 0 Å². The van der Waals surface area contributed by atoms with Gasteiger partial charge in [-0.3, -0.25) is 0 Å². The van der Waals surface area contributed by atoms with E-state index in [4.69, 9.17) is 0 Å². The molecule has 0 heterocycles. The average molecular weight is 814 g/mol. The van der Waals surface area contributed by atoms with E-state index in [0.717, 1.165) is 17.1 Å². The largest absolute Gasteiger partial charge is 0.310 e. The van der Waals surface area contributed by atoms with Crippen LogP contribution in [-0.2, 0) is 5.41 Å². The Labute approximate surface area is 374 Å². The summed E-state index contributed by atoms with van der Waals surface area (Å²) in [6.07, 6.45) is 0. The maximum absolute atomic E-state index is 2.46. The summed E-state index contributed by atoms with van der Waals surface area (Å²) in [5, 5.41) is 5.01. The number of benzene rings is 11. The molecule has 0 amide bonds. The standard InChI is InChI=1S/C63H43N/c1-5-16-44(17-6-1)46-30-34-54(35-31-46)64(56-36-39-60-59-26-13-14-27-61(59)63(62(60)43-56,52-21-9-3-10-22-52)53-23-11-4-12-24-53)55-25-15-20-47(42-55)49-33-38-58-51(41-49)29-28-50-40-48(32-37-57(50)58)45-18-7-2-8-19-45/h1-43H. The van der Waals surface area contributed by atoms with Crippen molar-refractivity contribution in [2.45, 2.75) is 5.41 Å². The molecule has 0 N–H and O–H groups in total. The molecule has 1 nitrogen and oxygen atoms in total. The molecule has 1 aliphatic rings. The normalized spacial score (nSPS) is 12.5. The van der Waals surface area contributed by atoms with Gasteiger partial charge in [0.25, 0.3) is 0 Å². The Hall–Kier alpha value is -8.26. The van der Waals surface area contributed by atoms with Gasteiger partial charge in [0.2, 0.25) is 0 Å². The Bertz CT molecular complexity index is 3430. The van der Waals surface area contributed by atoms with Gasteiger partial charge < -0.3 is 4.90 Å². The molecule has 1 aliphatic carbocycles.